The minimum atomic E-state index is -0.584. The van der Waals surface area contributed by atoms with Gasteiger partial charge < -0.3 is 19.1 Å². The van der Waals surface area contributed by atoms with Gasteiger partial charge in [-0.15, -0.1) is 0 Å². The van der Waals surface area contributed by atoms with E-state index in [4.69, 9.17) is 19.2 Å². The van der Waals surface area contributed by atoms with Crippen molar-refractivity contribution < 1.29 is 23.8 Å². The lowest BCUT2D eigenvalue weighted by Crippen LogP contribution is -2.39. The second-order valence-corrected chi connectivity index (χ2v) is 7.89. The molecule has 1 amide bonds. The van der Waals surface area contributed by atoms with Crippen LogP contribution in [0.5, 0.6) is 5.75 Å². The van der Waals surface area contributed by atoms with Crippen LogP contribution in [-0.4, -0.2) is 60.3 Å². The van der Waals surface area contributed by atoms with Crippen LogP contribution in [0, 0.1) is 0 Å². The van der Waals surface area contributed by atoms with E-state index in [1.165, 1.54) is 4.57 Å². The molecule has 0 spiro atoms. The number of hydrogen-bond acceptors (Lipinski definition) is 7. The molecule has 1 unspecified atom stereocenters. The third kappa shape index (κ3) is 6.05. The molecule has 1 atom stereocenters. The molecule has 0 aliphatic heterocycles. The number of benzene rings is 2. The van der Waals surface area contributed by atoms with Crippen molar-refractivity contribution in [2.24, 2.45) is 0 Å². The molecule has 1 heterocycles. The van der Waals surface area contributed by atoms with Crippen LogP contribution in [0.1, 0.15) is 38.6 Å². The molecule has 3 aromatic rings. The number of methoxy groups -OCH3 is 2. The smallest absolute Gasteiger partial charge is 0.306 e. The zero-order valence-electron chi connectivity index (χ0n) is 20.5. The summed E-state index contributed by atoms with van der Waals surface area (Å²) in [7, 11) is 3.12. The first-order valence-corrected chi connectivity index (χ1v) is 11.5. The Kier molecular flexibility index (Phi) is 8.97. The Morgan fingerprint density at radius 2 is 1.77 bits per heavy atom. The molecule has 2 aromatic carbocycles. The van der Waals surface area contributed by atoms with Crippen LogP contribution in [0.4, 0.5) is 0 Å². The minimum Gasteiger partial charge on any atom is -0.497 e. The summed E-state index contributed by atoms with van der Waals surface area (Å²) in [5.74, 6) is 0.367. The van der Waals surface area contributed by atoms with Crippen LogP contribution in [0.2, 0.25) is 0 Å². The van der Waals surface area contributed by atoms with Crippen molar-refractivity contribution in [3.8, 4) is 11.4 Å². The number of fused-ring (bicyclic) bond motifs is 1. The summed E-state index contributed by atoms with van der Waals surface area (Å²) in [6.07, 6.45) is -0.0491. The number of para-hydroxylation sites is 1. The summed E-state index contributed by atoms with van der Waals surface area (Å²) in [6, 6.07) is 13.6. The van der Waals surface area contributed by atoms with E-state index in [2.05, 4.69) is 0 Å². The van der Waals surface area contributed by atoms with Crippen LogP contribution in [0.15, 0.2) is 53.3 Å². The third-order valence-corrected chi connectivity index (χ3v) is 5.68. The molecule has 186 valence electrons. The molecule has 0 fully saturated rings. The number of ether oxygens (including phenoxy) is 3. The zero-order chi connectivity index (χ0) is 25.4. The second kappa shape index (κ2) is 12.1. The molecule has 1 aromatic heterocycles. The molecule has 0 saturated carbocycles. The molecule has 9 heteroatoms. The van der Waals surface area contributed by atoms with Gasteiger partial charge in [0.1, 0.15) is 11.6 Å². The van der Waals surface area contributed by atoms with Gasteiger partial charge in [0.25, 0.3) is 5.56 Å². The second-order valence-electron chi connectivity index (χ2n) is 7.89. The van der Waals surface area contributed by atoms with Gasteiger partial charge in [-0.05, 0) is 50.2 Å². The SMILES string of the molecule is CCOC(=O)CCC(=O)N(CCOC)C(C)c1nc2ccccc2c(=O)n1-c1ccc(OC)cc1. The molecule has 0 radical (unpaired) electrons. The van der Waals surface area contributed by atoms with E-state index in [9.17, 15) is 14.4 Å². The van der Waals surface area contributed by atoms with Crippen LogP contribution in [0.25, 0.3) is 16.6 Å². The van der Waals surface area contributed by atoms with Crippen molar-refractivity contribution in [1.82, 2.24) is 14.5 Å². The molecule has 0 aliphatic rings. The Bertz CT molecular complexity index is 1220. The molecule has 0 N–H and O–H groups in total. The van der Waals surface area contributed by atoms with Crippen molar-refractivity contribution >= 4 is 22.8 Å². The van der Waals surface area contributed by atoms with E-state index in [1.807, 2.05) is 13.0 Å². The number of rotatable bonds is 11. The first kappa shape index (κ1) is 25.9. The summed E-state index contributed by atoms with van der Waals surface area (Å²) in [6.45, 7) is 4.34. The van der Waals surface area contributed by atoms with Gasteiger partial charge in [0.15, 0.2) is 0 Å². The maximum Gasteiger partial charge on any atom is 0.306 e. The summed E-state index contributed by atoms with van der Waals surface area (Å²) in [4.78, 5) is 45.0. The Hall–Kier alpha value is -3.72. The predicted octanol–water partition coefficient (Wildman–Crippen LogP) is 3.27. The highest BCUT2D eigenvalue weighted by Gasteiger charge is 2.27. The van der Waals surface area contributed by atoms with E-state index >= 15 is 0 Å². The molecule has 0 aliphatic carbocycles. The fourth-order valence-corrected chi connectivity index (χ4v) is 3.86. The molecule has 0 saturated heterocycles. The van der Waals surface area contributed by atoms with Gasteiger partial charge in [-0.25, -0.2) is 4.98 Å². The molecular weight excluding hydrogens is 450 g/mol. The molecule has 9 nitrogen and oxygen atoms in total. The predicted molar refractivity (Wildman–Crippen MR) is 132 cm³/mol. The number of carbonyl (C=O) groups is 2. The number of esters is 1. The van der Waals surface area contributed by atoms with E-state index in [0.29, 0.717) is 28.2 Å². The van der Waals surface area contributed by atoms with Crippen molar-refractivity contribution in [3.05, 3.63) is 64.7 Å². The number of hydrogen-bond donors (Lipinski definition) is 0. The molecular formula is C26H31N3O6. The standard InChI is InChI=1S/C26H31N3O6/c1-5-35-24(31)15-14-23(30)28(16-17-33-3)18(2)25-27-22-9-7-6-8-21(22)26(32)29(25)19-10-12-20(34-4)13-11-19/h6-13,18H,5,14-17H2,1-4H3. The van der Waals surface area contributed by atoms with Gasteiger partial charge in [-0.1, -0.05) is 12.1 Å². The van der Waals surface area contributed by atoms with Crippen LogP contribution < -0.4 is 10.3 Å². The number of carbonyl (C=O) groups excluding carboxylic acids is 2. The highest BCUT2D eigenvalue weighted by atomic mass is 16.5. The molecule has 3 rings (SSSR count). The van der Waals surface area contributed by atoms with Crippen LogP contribution in [0.3, 0.4) is 0 Å². The maximum absolute atomic E-state index is 13.6. The van der Waals surface area contributed by atoms with Gasteiger partial charge >= 0.3 is 5.97 Å². The lowest BCUT2D eigenvalue weighted by atomic mass is 10.1. The zero-order valence-corrected chi connectivity index (χ0v) is 20.5. The third-order valence-electron chi connectivity index (χ3n) is 5.68. The van der Waals surface area contributed by atoms with Crippen molar-refractivity contribution in [3.63, 3.8) is 0 Å². The summed E-state index contributed by atoms with van der Waals surface area (Å²) < 4.78 is 16.9. The highest BCUT2D eigenvalue weighted by Crippen LogP contribution is 2.24. The monoisotopic (exact) mass is 481 g/mol. The quantitative estimate of drug-likeness (QED) is 0.388. The van der Waals surface area contributed by atoms with Crippen molar-refractivity contribution in [2.45, 2.75) is 32.7 Å². The average molecular weight is 482 g/mol. The minimum absolute atomic E-state index is 0.0206. The number of aromatic nitrogens is 2. The number of nitrogens with zero attached hydrogens (tertiary/aromatic N) is 3. The Balaban J connectivity index is 2.08. The van der Waals surface area contributed by atoms with Gasteiger partial charge in [-0.2, -0.15) is 0 Å². The van der Waals surface area contributed by atoms with Gasteiger partial charge in [0.05, 0.1) is 49.4 Å². The Morgan fingerprint density at radius 3 is 2.43 bits per heavy atom. The summed E-state index contributed by atoms with van der Waals surface area (Å²) in [5, 5.41) is 0.469. The van der Waals surface area contributed by atoms with E-state index in [1.54, 1.807) is 68.5 Å². The Morgan fingerprint density at radius 1 is 1.06 bits per heavy atom. The molecule has 35 heavy (non-hydrogen) atoms. The lowest BCUT2D eigenvalue weighted by molar-refractivity contribution is -0.146. The van der Waals surface area contributed by atoms with E-state index < -0.39 is 12.0 Å². The summed E-state index contributed by atoms with van der Waals surface area (Å²) in [5.41, 5.74) is 0.893. The average Bonchev–Trinajstić information content (AvgIpc) is 2.87. The molecule has 0 bridgehead atoms. The maximum atomic E-state index is 13.6. The van der Waals surface area contributed by atoms with Crippen molar-refractivity contribution in [1.29, 1.82) is 0 Å². The van der Waals surface area contributed by atoms with E-state index in [-0.39, 0.29) is 44.1 Å². The topological polar surface area (TPSA) is 100.0 Å². The van der Waals surface area contributed by atoms with Crippen LogP contribution >= 0.6 is 0 Å². The Labute approximate surface area is 204 Å². The lowest BCUT2D eigenvalue weighted by Gasteiger charge is -2.30. The van der Waals surface area contributed by atoms with Crippen molar-refractivity contribution in [2.75, 3.05) is 34.0 Å². The largest absolute Gasteiger partial charge is 0.497 e. The fourth-order valence-electron chi connectivity index (χ4n) is 3.86. The van der Waals surface area contributed by atoms with Gasteiger partial charge in [-0.3, -0.25) is 19.0 Å². The highest BCUT2D eigenvalue weighted by molar-refractivity contribution is 5.82. The van der Waals surface area contributed by atoms with E-state index in [0.717, 1.165) is 0 Å². The fraction of sp³-hybridized carbons (Fsp3) is 0.385. The first-order valence-electron chi connectivity index (χ1n) is 11.5. The normalized spacial score (nSPS) is 11.8. The van der Waals surface area contributed by atoms with Crippen LogP contribution in [-0.2, 0) is 19.1 Å². The first-order chi connectivity index (χ1) is 16.9. The summed E-state index contributed by atoms with van der Waals surface area (Å²) >= 11 is 0. The van der Waals surface area contributed by atoms with Gasteiger partial charge in [0.2, 0.25) is 5.91 Å². The number of amides is 1. The van der Waals surface area contributed by atoms with Gasteiger partial charge in [0, 0.05) is 20.1 Å².